The molecule has 0 unspecified atom stereocenters. The van der Waals surface area contributed by atoms with E-state index in [1.54, 1.807) is 17.0 Å². The van der Waals surface area contributed by atoms with Gasteiger partial charge in [-0.15, -0.1) is 5.10 Å². The third-order valence-electron chi connectivity index (χ3n) is 4.06. The minimum absolute atomic E-state index is 0.0442. The highest BCUT2D eigenvalue weighted by Gasteiger charge is 2.28. The summed E-state index contributed by atoms with van der Waals surface area (Å²) in [5.41, 5.74) is 0.734. The fourth-order valence-corrected chi connectivity index (χ4v) is 2.77. The van der Waals surface area contributed by atoms with E-state index in [0.29, 0.717) is 0 Å². The van der Waals surface area contributed by atoms with Crippen LogP contribution in [0.5, 0.6) is 0 Å². The second-order valence-corrected chi connectivity index (χ2v) is 5.65. The van der Waals surface area contributed by atoms with Crippen LogP contribution in [0.15, 0.2) is 29.3 Å². The highest BCUT2D eigenvalue weighted by atomic mass is 16.2. The number of aromatic nitrogens is 4. The van der Waals surface area contributed by atoms with Crippen LogP contribution in [0.4, 0.5) is 0 Å². The molecule has 1 aliphatic carbocycles. The molecule has 104 valence electrons. The maximum absolute atomic E-state index is 12.4. The van der Waals surface area contributed by atoms with E-state index in [1.807, 2.05) is 12.1 Å². The van der Waals surface area contributed by atoms with Gasteiger partial charge in [-0.05, 0) is 30.9 Å². The fourth-order valence-electron chi connectivity index (χ4n) is 2.77. The minimum Gasteiger partial charge on any atom is -0.294 e. The summed E-state index contributed by atoms with van der Waals surface area (Å²) in [5.74, 6) is 1.74. The van der Waals surface area contributed by atoms with E-state index in [9.17, 15) is 4.79 Å². The van der Waals surface area contributed by atoms with E-state index in [4.69, 9.17) is 0 Å². The maximum Gasteiger partial charge on any atom is 0.350 e. The second kappa shape index (κ2) is 4.56. The molecule has 2 aromatic heterocycles. The molecule has 20 heavy (non-hydrogen) atoms. The van der Waals surface area contributed by atoms with Gasteiger partial charge in [-0.1, -0.05) is 0 Å². The number of hydrogen-bond donors (Lipinski definition) is 0. The van der Waals surface area contributed by atoms with Crippen LogP contribution in [0, 0.1) is 5.92 Å². The van der Waals surface area contributed by atoms with Crippen LogP contribution in [-0.4, -0.2) is 37.3 Å². The molecule has 2 aromatic rings. The van der Waals surface area contributed by atoms with Gasteiger partial charge in [-0.3, -0.25) is 14.5 Å². The summed E-state index contributed by atoms with van der Waals surface area (Å²) in [5, 5.41) is 4.50. The molecule has 0 amide bonds. The Morgan fingerprint density at radius 3 is 2.75 bits per heavy atom. The third-order valence-corrected chi connectivity index (χ3v) is 4.06. The van der Waals surface area contributed by atoms with Gasteiger partial charge in [0.1, 0.15) is 5.82 Å². The lowest BCUT2D eigenvalue weighted by atomic mass is 10.3. The molecule has 0 radical (unpaired) electrons. The average Bonchev–Trinajstić information content (AvgIpc) is 3.23. The second-order valence-electron chi connectivity index (χ2n) is 5.65. The van der Waals surface area contributed by atoms with Gasteiger partial charge in [0.15, 0.2) is 0 Å². The van der Waals surface area contributed by atoms with Gasteiger partial charge in [0.2, 0.25) is 0 Å². The molecule has 1 saturated carbocycles. The standard InChI is InChI=1S/C14H17N5O/c20-14-18-8-7-17(9-11-1-2-11)10-13(18)16-19(14)12-3-5-15-6-4-12/h3-6,11H,1-2,7-10H2. The topological polar surface area (TPSA) is 56.0 Å². The number of nitrogens with zero attached hydrogens (tertiary/aromatic N) is 5. The summed E-state index contributed by atoms with van der Waals surface area (Å²) < 4.78 is 3.28. The molecule has 2 aliphatic rings. The molecule has 4 rings (SSSR count). The van der Waals surface area contributed by atoms with Gasteiger partial charge in [-0.25, -0.2) is 4.79 Å². The summed E-state index contributed by atoms with van der Waals surface area (Å²) >= 11 is 0. The molecule has 3 heterocycles. The first-order valence-electron chi connectivity index (χ1n) is 7.13. The Balaban J connectivity index is 1.65. The Bertz CT molecular complexity index is 671. The minimum atomic E-state index is -0.0442. The van der Waals surface area contributed by atoms with E-state index >= 15 is 0 Å². The highest BCUT2D eigenvalue weighted by molar-refractivity contribution is 5.27. The number of fused-ring (bicyclic) bond motifs is 1. The summed E-state index contributed by atoms with van der Waals surface area (Å²) in [6, 6.07) is 3.62. The Morgan fingerprint density at radius 1 is 1.20 bits per heavy atom. The van der Waals surface area contributed by atoms with E-state index in [0.717, 1.165) is 43.6 Å². The molecule has 1 aliphatic heterocycles. The Kier molecular flexibility index (Phi) is 2.70. The number of rotatable bonds is 3. The van der Waals surface area contributed by atoms with Gasteiger partial charge < -0.3 is 0 Å². The van der Waals surface area contributed by atoms with Gasteiger partial charge in [0.05, 0.1) is 12.2 Å². The SMILES string of the molecule is O=c1n(-c2ccncc2)nc2n1CCN(CC1CC1)C2. The van der Waals surface area contributed by atoms with E-state index in [2.05, 4.69) is 15.0 Å². The van der Waals surface area contributed by atoms with Gasteiger partial charge in [0.25, 0.3) is 0 Å². The third kappa shape index (κ3) is 2.06. The number of pyridine rings is 1. The van der Waals surface area contributed by atoms with E-state index in [1.165, 1.54) is 17.5 Å². The van der Waals surface area contributed by atoms with Crippen LogP contribution in [-0.2, 0) is 13.1 Å². The first-order chi connectivity index (χ1) is 9.81. The Morgan fingerprint density at radius 2 is 2.00 bits per heavy atom. The van der Waals surface area contributed by atoms with Crippen LogP contribution in [0.3, 0.4) is 0 Å². The zero-order valence-electron chi connectivity index (χ0n) is 11.3. The van der Waals surface area contributed by atoms with Crippen LogP contribution < -0.4 is 5.69 Å². The van der Waals surface area contributed by atoms with Crippen LogP contribution in [0.25, 0.3) is 5.69 Å². The molecule has 6 nitrogen and oxygen atoms in total. The Labute approximate surface area is 116 Å². The highest BCUT2D eigenvalue weighted by Crippen LogP contribution is 2.30. The van der Waals surface area contributed by atoms with Gasteiger partial charge >= 0.3 is 5.69 Å². The van der Waals surface area contributed by atoms with Crippen molar-refractivity contribution in [1.82, 2.24) is 24.2 Å². The summed E-state index contributed by atoms with van der Waals surface area (Å²) in [7, 11) is 0. The molecule has 0 spiro atoms. The molecule has 1 fully saturated rings. The molecule has 0 saturated heterocycles. The van der Waals surface area contributed by atoms with Crippen LogP contribution in [0.1, 0.15) is 18.7 Å². The van der Waals surface area contributed by atoms with Crippen molar-refractivity contribution in [2.45, 2.75) is 25.9 Å². The zero-order chi connectivity index (χ0) is 13.5. The largest absolute Gasteiger partial charge is 0.350 e. The molecule has 0 aromatic carbocycles. The zero-order valence-corrected chi connectivity index (χ0v) is 11.3. The van der Waals surface area contributed by atoms with Crippen molar-refractivity contribution >= 4 is 0 Å². The van der Waals surface area contributed by atoms with Crippen molar-refractivity contribution in [2.75, 3.05) is 13.1 Å². The van der Waals surface area contributed by atoms with Crippen molar-refractivity contribution in [1.29, 1.82) is 0 Å². The fraction of sp³-hybridized carbons (Fsp3) is 0.500. The molecular formula is C14H17N5O. The molecule has 6 heteroatoms. The summed E-state index contributed by atoms with van der Waals surface area (Å²) in [4.78, 5) is 18.8. The van der Waals surface area contributed by atoms with Crippen LogP contribution >= 0.6 is 0 Å². The van der Waals surface area contributed by atoms with Crippen molar-refractivity contribution in [3.05, 3.63) is 40.8 Å². The lowest BCUT2D eigenvalue weighted by Crippen LogP contribution is -2.38. The average molecular weight is 271 g/mol. The number of hydrogen-bond acceptors (Lipinski definition) is 4. The predicted molar refractivity (Wildman–Crippen MR) is 73.6 cm³/mol. The maximum atomic E-state index is 12.4. The lowest BCUT2D eigenvalue weighted by molar-refractivity contribution is 0.207. The van der Waals surface area contributed by atoms with E-state index < -0.39 is 0 Å². The van der Waals surface area contributed by atoms with Crippen LogP contribution in [0.2, 0.25) is 0 Å². The lowest BCUT2D eigenvalue weighted by Gasteiger charge is -2.26. The van der Waals surface area contributed by atoms with Crippen molar-refractivity contribution in [2.24, 2.45) is 5.92 Å². The summed E-state index contributed by atoms with van der Waals surface area (Å²) in [6.45, 7) is 3.62. The van der Waals surface area contributed by atoms with Gasteiger partial charge in [-0.2, -0.15) is 4.68 Å². The van der Waals surface area contributed by atoms with E-state index in [-0.39, 0.29) is 5.69 Å². The van der Waals surface area contributed by atoms with Crippen molar-refractivity contribution in [3.63, 3.8) is 0 Å². The molecule has 0 atom stereocenters. The first-order valence-corrected chi connectivity index (χ1v) is 7.13. The molecular weight excluding hydrogens is 254 g/mol. The van der Waals surface area contributed by atoms with Crippen molar-refractivity contribution in [3.8, 4) is 5.69 Å². The smallest absolute Gasteiger partial charge is 0.294 e. The summed E-state index contributed by atoms with van der Waals surface area (Å²) in [6.07, 6.45) is 6.07. The molecule has 0 N–H and O–H groups in total. The van der Waals surface area contributed by atoms with Crippen molar-refractivity contribution < 1.29 is 0 Å². The predicted octanol–water partition coefficient (Wildman–Crippen LogP) is 0.655. The first kappa shape index (κ1) is 11.8. The quantitative estimate of drug-likeness (QED) is 0.822. The molecule has 0 bridgehead atoms. The van der Waals surface area contributed by atoms with Gasteiger partial charge in [0, 0.05) is 32.0 Å². The monoisotopic (exact) mass is 271 g/mol. The Hall–Kier alpha value is -1.95. The normalized spacial score (nSPS) is 19.0.